The van der Waals surface area contributed by atoms with E-state index in [0.717, 1.165) is 0 Å². The number of allylic oxidation sites excluding steroid dienone is 2. The third kappa shape index (κ3) is 2.80. The number of carbonyl (C=O) groups is 3. The normalized spacial score (nSPS) is 26.1. The summed E-state index contributed by atoms with van der Waals surface area (Å²) in [5, 5.41) is 52.9. The van der Waals surface area contributed by atoms with Gasteiger partial charge in [-0.3, -0.25) is 14.4 Å². The van der Waals surface area contributed by atoms with Crippen molar-refractivity contribution in [3.8, 4) is 22.6 Å². The van der Waals surface area contributed by atoms with Crippen LogP contribution in [0.15, 0.2) is 59.1 Å². The Kier molecular flexibility index (Phi) is 4.60. The molecule has 2 aromatic rings. The SMILES string of the molecule is NC(=O)C1=C(O)C[C@@H]2C[C@@H]3Cc4c(-c5cccc(O)c5)ccc(O)c4C(=O)C3=C(O)[C@]2(O)C1=O. The smallest absolute Gasteiger partial charge is 0.255 e. The lowest BCUT2D eigenvalue weighted by atomic mass is 9.60. The van der Waals surface area contributed by atoms with Crippen molar-refractivity contribution >= 4 is 17.5 Å². The van der Waals surface area contributed by atoms with Crippen molar-refractivity contribution in [1.29, 1.82) is 0 Å². The Balaban J connectivity index is 1.69. The number of hydrogen-bond donors (Lipinski definition) is 6. The zero-order valence-corrected chi connectivity index (χ0v) is 17.8. The highest BCUT2D eigenvalue weighted by Gasteiger charge is 2.59. The van der Waals surface area contributed by atoms with Gasteiger partial charge in [0, 0.05) is 17.9 Å². The van der Waals surface area contributed by atoms with Crippen LogP contribution in [0.3, 0.4) is 0 Å². The Bertz CT molecular complexity index is 1370. The summed E-state index contributed by atoms with van der Waals surface area (Å²) < 4.78 is 0. The van der Waals surface area contributed by atoms with E-state index in [1.807, 2.05) is 0 Å². The molecule has 0 fully saturated rings. The molecule has 0 aliphatic heterocycles. The highest BCUT2D eigenvalue weighted by molar-refractivity contribution is 6.24. The minimum Gasteiger partial charge on any atom is -0.511 e. The predicted octanol–water partition coefficient (Wildman–Crippen LogP) is 1.95. The maximum atomic E-state index is 13.5. The summed E-state index contributed by atoms with van der Waals surface area (Å²) in [7, 11) is 0. The van der Waals surface area contributed by atoms with E-state index >= 15 is 0 Å². The van der Waals surface area contributed by atoms with Gasteiger partial charge in [0.05, 0.1) is 5.56 Å². The molecule has 0 heterocycles. The Hall–Kier alpha value is -4.11. The van der Waals surface area contributed by atoms with Crippen molar-refractivity contribution in [3.63, 3.8) is 0 Å². The number of aliphatic hydroxyl groups is 3. The fraction of sp³-hybridized carbons (Fsp3) is 0.240. The Labute approximate surface area is 193 Å². The fourth-order valence-corrected chi connectivity index (χ4v) is 5.56. The number of nitrogens with two attached hydrogens (primary N) is 1. The molecule has 3 aliphatic rings. The van der Waals surface area contributed by atoms with Gasteiger partial charge in [-0.15, -0.1) is 0 Å². The summed E-state index contributed by atoms with van der Waals surface area (Å²) in [5.41, 5.74) is 3.24. The third-order valence-electron chi connectivity index (χ3n) is 7.10. The van der Waals surface area contributed by atoms with Crippen molar-refractivity contribution in [3.05, 3.63) is 70.2 Å². The molecule has 0 saturated carbocycles. The molecule has 0 spiro atoms. The molecule has 9 heteroatoms. The van der Waals surface area contributed by atoms with Crippen LogP contribution in [-0.4, -0.2) is 48.6 Å². The summed E-state index contributed by atoms with van der Waals surface area (Å²) in [6.07, 6.45) is -0.0410. The van der Waals surface area contributed by atoms with Crippen LogP contribution in [0.25, 0.3) is 11.1 Å². The van der Waals surface area contributed by atoms with E-state index < -0.39 is 52.0 Å². The largest absolute Gasteiger partial charge is 0.511 e. The van der Waals surface area contributed by atoms with Crippen molar-refractivity contribution in [2.24, 2.45) is 17.6 Å². The maximum absolute atomic E-state index is 13.5. The van der Waals surface area contributed by atoms with Gasteiger partial charge in [-0.1, -0.05) is 18.2 Å². The molecule has 174 valence electrons. The van der Waals surface area contributed by atoms with Crippen molar-refractivity contribution in [2.75, 3.05) is 0 Å². The number of hydrogen-bond acceptors (Lipinski definition) is 8. The molecule has 0 saturated heterocycles. The number of fused-ring (bicyclic) bond motifs is 3. The topological polar surface area (TPSA) is 178 Å². The monoisotopic (exact) mass is 463 g/mol. The van der Waals surface area contributed by atoms with E-state index in [1.54, 1.807) is 18.2 Å². The quantitative estimate of drug-likeness (QED) is 0.366. The summed E-state index contributed by atoms with van der Waals surface area (Å²) >= 11 is 0. The number of primary amides is 1. The van der Waals surface area contributed by atoms with E-state index in [1.165, 1.54) is 18.2 Å². The fourth-order valence-electron chi connectivity index (χ4n) is 5.56. The molecule has 1 amide bonds. The summed E-state index contributed by atoms with van der Waals surface area (Å²) in [6.45, 7) is 0. The first-order valence-corrected chi connectivity index (χ1v) is 10.7. The predicted molar refractivity (Wildman–Crippen MR) is 118 cm³/mol. The number of benzene rings is 2. The van der Waals surface area contributed by atoms with Gasteiger partial charge in [0.1, 0.15) is 28.6 Å². The van der Waals surface area contributed by atoms with Crippen molar-refractivity contribution < 1.29 is 39.9 Å². The van der Waals surface area contributed by atoms with Gasteiger partial charge in [0.25, 0.3) is 5.91 Å². The summed E-state index contributed by atoms with van der Waals surface area (Å²) in [4.78, 5) is 38.2. The van der Waals surface area contributed by atoms with E-state index in [-0.39, 0.29) is 41.9 Å². The highest BCUT2D eigenvalue weighted by atomic mass is 16.3. The van der Waals surface area contributed by atoms with Gasteiger partial charge >= 0.3 is 0 Å². The number of phenolic OH excluding ortho intramolecular Hbond substituents is 2. The molecule has 7 N–H and O–H groups in total. The van der Waals surface area contributed by atoms with Crippen LogP contribution in [0.4, 0.5) is 0 Å². The summed E-state index contributed by atoms with van der Waals surface area (Å²) in [5.74, 6) is -6.63. The van der Waals surface area contributed by atoms with E-state index in [4.69, 9.17) is 5.73 Å². The van der Waals surface area contributed by atoms with Crippen LogP contribution >= 0.6 is 0 Å². The van der Waals surface area contributed by atoms with E-state index in [9.17, 15) is 39.9 Å². The Morgan fingerprint density at radius 3 is 2.44 bits per heavy atom. The van der Waals surface area contributed by atoms with Gasteiger partial charge in [0.2, 0.25) is 5.78 Å². The highest BCUT2D eigenvalue weighted by Crippen LogP contribution is 2.52. The number of aliphatic hydroxyl groups excluding tert-OH is 2. The van der Waals surface area contributed by atoms with Crippen LogP contribution in [0, 0.1) is 11.8 Å². The number of aromatic hydroxyl groups is 2. The number of Topliss-reactive ketones (excluding diaryl/α,β-unsaturated/α-hetero) is 2. The molecule has 9 nitrogen and oxygen atoms in total. The molecule has 0 unspecified atom stereocenters. The lowest BCUT2D eigenvalue weighted by molar-refractivity contribution is -0.144. The van der Waals surface area contributed by atoms with E-state index in [0.29, 0.717) is 16.7 Å². The number of phenols is 2. The Morgan fingerprint density at radius 1 is 1.03 bits per heavy atom. The number of rotatable bonds is 2. The molecule has 2 aromatic carbocycles. The molecular weight excluding hydrogens is 442 g/mol. The van der Waals surface area contributed by atoms with Crippen LogP contribution in [-0.2, 0) is 16.0 Å². The van der Waals surface area contributed by atoms with Crippen LogP contribution in [0.5, 0.6) is 11.5 Å². The molecule has 5 rings (SSSR count). The maximum Gasteiger partial charge on any atom is 0.255 e. The first-order valence-electron chi connectivity index (χ1n) is 10.7. The lowest BCUT2D eigenvalue weighted by Gasteiger charge is -2.45. The average Bonchev–Trinajstić information content (AvgIpc) is 2.76. The Morgan fingerprint density at radius 2 is 1.76 bits per heavy atom. The first kappa shape index (κ1) is 21.7. The molecular formula is C25H21NO8. The standard InChI is InChI=1S/C25H21NO8/c26-24(33)20-17(29)9-12-6-11-8-15-14(10-2-1-3-13(27)7-10)4-5-16(28)19(15)21(30)18(11)22(31)25(12,34)23(20)32/h1-5,7,11-12,27-29,31,34H,6,8-9H2,(H2,26,33)/t11-,12+,25+/m1/s1. The molecule has 3 atom stereocenters. The second-order valence-electron chi connectivity index (χ2n) is 8.95. The van der Waals surface area contributed by atoms with Gasteiger partial charge in [-0.05, 0) is 53.6 Å². The second kappa shape index (κ2) is 7.19. The zero-order valence-electron chi connectivity index (χ0n) is 17.8. The minimum absolute atomic E-state index is 0.0238. The zero-order chi connectivity index (χ0) is 24.5. The van der Waals surface area contributed by atoms with Gasteiger partial charge in [-0.2, -0.15) is 0 Å². The number of amides is 1. The van der Waals surface area contributed by atoms with Crippen LogP contribution in [0.1, 0.15) is 28.8 Å². The molecule has 0 radical (unpaired) electrons. The van der Waals surface area contributed by atoms with Crippen LogP contribution < -0.4 is 5.73 Å². The molecule has 34 heavy (non-hydrogen) atoms. The van der Waals surface area contributed by atoms with Gasteiger partial charge in [0.15, 0.2) is 11.4 Å². The van der Waals surface area contributed by atoms with Gasteiger partial charge < -0.3 is 31.3 Å². The number of carbonyl (C=O) groups excluding carboxylic acids is 3. The summed E-state index contributed by atoms with van der Waals surface area (Å²) in [6, 6.07) is 9.36. The van der Waals surface area contributed by atoms with Crippen LogP contribution in [0.2, 0.25) is 0 Å². The molecule has 0 bridgehead atoms. The second-order valence-corrected chi connectivity index (χ2v) is 8.95. The van der Waals surface area contributed by atoms with E-state index in [2.05, 4.69) is 0 Å². The minimum atomic E-state index is -2.59. The molecule has 0 aromatic heterocycles. The third-order valence-corrected chi connectivity index (χ3v) is 7.10. The lowest BCUT2D eigenvalue weighted by Crippen LogP contribution is -2.57. The van der Waals surface area contributed by atoms with Gasteiger partial charge in [-0.25, -0.2) is 0 Å². The molecule has 3 aliphatic carbocycles. The average molecular weight is 463 g/mol. The van der Waals surface area contributed by atoms with Crippen molar-refractivity contribution in [1.82, 2.24) is 0 Å². The van der Waals surface area contributed by atoms with Crippen molar-refractivity contribution in [2.45, 2.75) is 24.9 Å². The number of ketones is 2. The first-order chi connectivity index (χ1) is 16.1.